The lowest BCUT2D eigenvalue weighted by Crippen LogP contribution is -2.41. The number of hydrogen-bond acceptors (Lipinski definition) is 1. The van der Waals surface area contributed by atoms with Crippen LogP contribution in [0, 0.1) is 11.3 Å². The van der Waals surface area contributed by atoms with Gasteiger partial charge in [0.25, 0.3) is 0 Å². The Hall–Kier alpha value is -0.0400. The molecule has 0 saturated carbocycles. The first kappa shape index (κ1) is 7.28. The third kappa shape index (κ3) is 2.98. The molecule has 78 valence electrons. The Morgan fingerprint density at radius 1 is 1.31 bits per heavy atom. The van der Waals surface area contributed by atoms with E-state index < -0.39 is 12.9 Å². The molecule has 1 saturated heterocycles. The van der Waals surface area contributed by atoms with E-state index in [2.05, 4.69) is 20.8 Å². The smallest absolute Gasteiger partial charge is 0.0431 e. The molecule has 0 aromatic heterocycles. The molecule has 0 N–H and O–H groups in total. The molecule has 0 aromatic carbocycles. The fourth-order valence-corrected chi connectivity index (χ4v) is 1.60. The van der Waals surface area contributed by atoms with Crippen molar-refractivity contribution in [3.63, 3.8) is 0 Å². The monoisotopic (exact) mass is 186 g/mol. The summed E-state index contributed by atoms with van der Waals surface area (Å²) in [5.74, 6) is 0.146. The van der Waals surface area contributed by atoms with Crippen LogP contribution in [0.4, 0.5) is 0 Å². The summed E-state index contributed by atoms with van der Waals surface area (Å²) in [6.45, 7) is 9.48. The van der Waals surface area contributed by atoms with E-state index in [0.29, 0.717) is 6.42 Å². The maximum Gasteiger partial charge on any atom is 0.0431 e. The highest BCUT2D eigenvalue weighted by Gasteiger charge is 2.29. The largest absolute Gasteiger partial charge is 0.301 e. The first-order valence-electron chi connectivity index (χ1n) is 6.93. The van der Waals surface area contributed by atoms with Crippen molar-refractivity contribution in [2.24, 2.45) is 11.3 Å². The van der Waals surface area contributed by atoms with Gasteiger partial charge in [0, 0.05) is 10.2 Å². The lowest BCUT2D eigenvalue weighted by molar-refractivity contribution is 0.0930. The highest BCUT2D eigenvalue weighted by Crippen LogP contribution is 2.34. The molecule has 1 aliphatic rings. The number of piperidine rings is 1. The molecule has 0 spiro atoms. The van der Waals surface area contributed by atoms with E-state index in [1.807, 2.05) is 18.7 Å². The third-order valence-electron chi connectivity index (χ3n) is 2.77. The molecule has 1 fully saturated rings. The van der Waals surface area contributed by atoms with E-state index in [1.54, 1.807) is 0 Å². The van der Waals surface area contributed by atoms with Gasteiger partial charge in [-0.1, -0.05) is 20.8 Å². The minimum absolute atomic E-state index is 0.0219. The van der Waals surface area contributed by atoms with Gasteiger partial charge in [-0.15, -0.1) is 0 Å². The maximum absolute atomic E-state index is 8.19. The van der Waals surface area contributed by atoms with Gasteiger partial charge >= 0.3 is 0 Å². The van der Waals surface area contributed by atoms with Crippen molar-refractivity contribution in [3.05, 3.63) is 0 Å². The lowest BCUT2D eigenvalue weighted by atomic mass is 9.75. The molecule has 1 rings (SSSR count). The van der Waals surface area contributed by atoms with Crippen LogP contribution in [0.2, 0.25) is 0 Å². The van der Waals surface area contributed by atoms with Crippen LogP contribution in [-0.2, 0) is 0 Å². The summed E-state index contributed by atoms with van der Waals surface area (Å²) in [6.07, 6.45) is 0.314. The molecule has 1 heteroatoms. The Labute approximate surface area is 87.7 Å². The van der Waals surface area contributed by atoms with Crippen LogP contribution >= 0.6 is 0 Å². The molecule has 1 nitrogen and oxygen atoms in total. The molecule has 13 heavy (non-hydrogen) atoms. The van der Waals surface area contributed by atoms with Crippen LogP contribution in [-0.4, -0.2) is 24.0 Å². The van der Waals surface area contributed by atoms with Crippen LogP contribution in [0.15, 0.2) is 0 Å². The van der Waals surface area contributed by atoms with Crippen LogP contribution < -0.4 is 0 Å². The van der Waals surface area contributed by atoms with Crippen LogP contribution in [0.5, 0.6) is 0 Å². The van der Waals surface area contributed by atoms with Gasteiger partial charge < -0.3 is 4.90 Å². The van der Waals surface area contributed by atoms with Crippen molar-refractivity contribution in [2.75, 3.05) is 13.0 Å². The van der Waals surface area contributed by atoms with E-state index in [9.17, 15) is 0 Å². The lowest BCUT2D eigenvalue weighted by Gasteiger charge is -2.40. The van der Waals surface area contributed by atoms with Crippen LogP contribution in [0.3, 0.4) is 0 Å². The summed E-state index contributed by atoms with van der Waals surface area (Å²) in [5, 5.41) is 0. The predicted molar refractivity (Wildman–Crippen MR) is 58.9 cm³/mol. The van der Waals surface area contributed by atoms with E-state index in [0.717, 1.165) is 0 Å². The average Bonchev–Trinajstić information content (AvgIpc) is 2.09. The van der Waals surface area contributed by atoms with Gasteiger partial charge in [0.2, 0.25) is 0 Å². The summed E-state index contributed by atoms with van der Waals surface area (Å²) in [7, 11) is 0. The fraction of sp³-hybridized carbons (Fsp3) is 1.00. The van der Waals surface area contributed by atoms with Gasteiger partial charge in [-0.2, -0.15) is 0 Å². The van der Waals surface area contributed by atoms with Gasteiger partial charge in [-0.05, 0) is 51.0 Å². The van der Waals surface area contributed by atoms with Crippen molar-refractivity contribution in [2.45, 2.75) is 53.5 Å². The number of rotatable bonds is 1. The molecule has 4 unspecified atom stereocenters. The van der Waals surface area contributed by atoms with E-state index >= 15 is 0 Å². The van der Waals surface area contributed by atoms with Gasteiger partial charge in [-0.25, -0.2) is 0 Å². The molecule has 1 aliphatic heterocycles. The van der Waals surface area contributed by atoms with Crippen molar-refractivity contribution in [1.82, 2.24) is 4.90 Å². The van der Waals surface area contributed by atoms with E-state index in [-0.39, 0.29) is 23.9 Å². The number of hydrogen-bond donors (Lipinski definition) is 0. The zero-order valence-electron chi connectivity index (χ0n) is 12.5. The van der Waals surface area contributed by atoms with Gasteiger partial charge in [0.15, 0.2) is 0 Å². The summed E-state index contributed by atoms with van der Waals surface area (Å²) < 4.78 is 24.4. The molecular formula is C12H25N. The van der Waals surface area contributed by atoms with Gasteiger partial charge in [0.1, 0.15) is 0 Å². The molecular weight excluding hydrogens is 158 g/mol. The van der Waals surface area contributed by atoms with Crippen molar-refractivity contribution >= 4 is 0 Å². The first-order chi connectivity index (χ1) is 7.16. The standard InChI is InChI=1S/C12H25N/c1-10(2)13-8-6-11(7-9-13)12(3,4)5/h10-11H,6-9H2,1-5H3/i6D,8D,9D. The van der Waals surface area contributed by atoms with Gasteiger partial charge in [-0.3, -0.25) is 0 Å². The normalized spacial score (nSPS) is 47.1. The maximum atomic E-state index is 8.19. The Morgan fingerprint density at radius 3 is 2.38 bits per heavy atom. The Balaban J connectivity index is 2.87. The SMILES string of the molecule is [2H]C1C([2H])N(C(C)C)C([2H])CC1C(C)(C)C. The zero-order chi connectivity index (χ0) is 12.7. The van der Waals surface area contributed by atoms with Crippen LogP contribution in [0.1, 0.15) is 51.5 Å². The average molecular weight is 186 g/mol. The summed E-state index contributed by atoms with van der Waals surface area (Å²) in [6, 6.07) is 0.179. The molecule has 4 atom stereocenters. The second-order valence-corrected chi connectivity index (χ2v) is 5.27. The molecule has 0 aliphatic carbocycles. The van der Waals surface area contributed by atoms with Gasteiger partial charge in [0.05, 0.1) is 0 Å². The third-order valence-corrected chi connectivity index (χ3v) is 2.77. The topological polar surface area (TPSA) is 3.24 Å². The molecule has 0 aromatic rings. The Bertz CT molecular complexity index is 235. The summed E-state index contributed by atoms with van der Waals surface area (Å²) >= 11 is 0. The second-order valence-electron chi connectivity index (χ2n) is 5.27. The van der Waals surface area contributed by atoms with E-state index in [4.69, 9.17) is 4.11 Å². The van der Waals surface area contributed by atoms with Crippen LogP contribution in [0.25, 0.3) is 0 Å². The van der Waals surface area contributed by atoms with Crippen molar-refractivity contribution in [3.8, 4) is 0 Å². The van der Waals surface area contributed by atoms with Crippen molar-refractivity contribution in [1.29, 1.82) is 0 Å². The minimum atomic E-state index is -0.555. The molecule has 0 amide bonds. The highest BCUT2D eigenvalue weighted by molar-refractivity contribution is 4.81. The Kier molecular flexibility index (Phi) is 2.24. The quantitative estimate of drug-likeness (QED) is 0.608. The zero-order valence-corrected chi connectivity index (χ0v) is 9.54. The summed E-state index contributed by atoms with van der Waals surface area (Å²) in [5.41, 5.74) is 0.0219. The first-order valence-corrected chi connectivity index (χ1v) is 5.20. The van der Waals surface area contributed by atoms with Crippen molar-refractivity contribution < 1.29 is 4.11 Å². The highest BCUT2D eigenvalue weighted by atomic mass is 15.1. The Morgan fingerprint density at radius 2 is 1.92 bits per heavy atom. The number of likely N-dealkylation sites (tertiary alicyclic amines) is 1. The number of nitrogens with zero attached hydrogens (tertiary/aromatic N) is 1. The predicted octanol–water partition coefficient (Wildman–Crippen LogP) is 3.15. The molecule has 0 bridgehead atoms. The minimum Gasteiger partial charge on any atom is -0.301 e. The molecule has 1 heterocycles. The molecule has 0 radical (unpaired) electrons. The van der Waals surface area contributed by atoms with E-state index in [1.165, 1.54) is 0 Å². The fourth-order valence-electron chi connectivity index (χ4n) is 1.60. The summed E-state index contributed by atoms with van der Waals surface area (Å²) in [4.78, 5) is 1.85. The second kappa shape index (κ2) is 4.00.